The molecule has 0 aliphatic rings. The van der Waals surface area contributed by atoms with E-state index in [2.05, 4.69) is 5.10 Å². The van der Waals surface area contributed by atoms with Crippen molar-refractivity contribution < 1.29 is 33.0 Å². The molecular weight excluding hydrogens is 367 g/mol. The molecule has 1 amide bonds. The highest BCUT2D eigenvalue weighted by atomic mass is 35.5. The Bertz CT molecular complexity index is 828. The van der Waals surface area contributed by atoms with E-state index in [1.54, 1.807) is 0 Å². The molecule has 2 rings (SSSR count). The molecule has 7 nitrogen and oxygen atoms in total. The van der Waals surface area contributed by atoms with Crippen molar-refractivity contribution in [1.82, 2.24) is 9.78 Å². The number of carbonyl (C=O) groups excluding carboxylic acids is 1. The Balaban J connectivity index is 2.22. The molecular formula is C14H11ClF3N3O4. The number of aliphatic carboxylic acids is 1. The highest BCUT2D eigenvalue weighted by molar-refractivity contribution is 6.30. The minimum Gasteiger partial charge on any atom is -0.481 e. The molecule has 0 saturated heterocycles. The van der Waals surface area contributed by atoms with Gasteiger partial charge in [-0.1, -0.05) is 11.6 Å². The molecule has 2 aromatic rings. The molecule has 25 heavy (non-hydrogen) atoms. The van der Waals surface area contributed by atoms with Crippen molar-refractivity contribution >= 4 is 29.2 Å². The van der Waals surface area contributed by atoms with Crippen LogP contribution in [0.5, 0.6) is 0 Å². The first-order valence-electron chi connectivity index (χ1n) is 6.80. The number of nitrogens with zero attached hydrogens (tertiary/aromatic N) is 2. The molecule has 1 unspecified atom stereocenters. The van der Waals surface area contributed by atoms with Gasteiger partial charge >= 0.3 is 5.97 Å². The van der Waals surface area contributed by atoms with Gasteiger partial charge in [0.05, 0.1) is 5.69 Å². The van der Waals surface area contributed by atoms with Gasteiger partial charge in [-0.2, -0.15) is 5.10 Å². The number of benzene rings is 1. The molecule has 0 aliphatic carbocycles. The number of aliphatic hydroxyl groups is 1. The SMILES string of the molecule is O=C(O)CCC(O)n1nc(C(=O)Nc2ccc(F)cc2F)c(F)c1Cl. The van der Waals surface area contributed by atoms with Crippen LogP contribution in [-0.2, 0) is 4.79 Å². The Morgan fingerprint density at radius 1 is 1.32 bits per heavy atom. The van der Waals surface area contributed by atoms with Gasteiger partial charge in [0.1, 0.15) is 17.9 Å². The van der Waals surface area contributed by atoms with Crippen molar-refractivity contribution in [2.24, 2.45) is 0 Å². The fraction of sp³-hybridized carbons (Fsp3) is 0.214. The Morgan fingerprint density at radius 3 is 2.60 bits per heavy atom. The van der Waals surface area contributed by atoms with E-state index in [1.807, 2.05) is 5.32 Å². The summed E-state index contributed by atoms with van der Waals surface area (Å²) in [6.45, 7) is 0. The summed E-state index contributed by atoms with van der Waals surface area (Å²) in [5, 5.41) is 23.1. The molecule has 1 atom stereocenters. The van der Waals surface area contributed by atoms with Gasteiger partial charge in [0.2, 0.25) is 0 Å². The lowest BCUT2D eigenvalue weighted by molar-refractivity contribution is -0.138. The van der Waals surface area contributed by atoms with Crippen molar-refractivity contribution in [3.05, 3.63) is 46.5 Å². The summed E-state index contributed by atoms with van der Waals surface area (Å²) in [5.41, 5.74) is -1.26. The van der Waals surface area contributed by atoms with Gasteiger partial charge < -0.3 is 15.5 Å². The second-order valence-electron chi connectivity index (χ2n) is 4.89. The van der Waals surface area contributed by atoms with Gasteiger partial charge in [0.25, 0.3) is 5.91 Å². The van der Waals surface area contributed by atoms with Crippen LogP contribution in [0.15, 0.2) is 18.2 Å². The lowest BCUT2D eigenvalue weighted by Gasteiger charge is -2.10. The third-order valence-corrected chi connectivity index (χ3v) is 3.43. The first-order chi connectivity index (χ1) is 11.7. The molecule has 0 aliphatic heterocycles. The van der Waals surface area contributed by atoms with E-state index >= 15 is 0 Å². The van der Waals surface area contributed by atoms with Gasteiger partial charge in [-0.3, -0.25) is 9.59 Å². The summed E-state index contributed by atoms with van der Waals surface area (Å²) in [6, 6.07) is 2.34. The van der Waals surface area contributed by atoms with E-state index in [0.717, 1.165) is 12.1 Å². The third-order valence-electron chi connectivity index (χ3n) is 3.09. The summed E-state index contributed by atoms with van der Waals surface area (Å²) in [7, 11) is 0. The molecule has 134 valence electrons. The van der Waals surface area contributed by atoms with Crippen LogP contribution in [0.25, 0.3) is 0 Å². The number of carboxylic acid groups (broad SMARTS) is 1. The molecule has 0 radical (unpaired) electrons. The van der Waals surface area contributed by atoms with Gasteiger partial charge in [-0.05, 0) is 12.1 Å². The summed E-state index contributed by atoms with van der Waals surface area (Å²) < 4.78 is 40.9. The summed E-state index contributed by atoms with van der Waals surface area (Å²) >= 11 is 5.64. The monoisotopic (exact) mass is 377 g/mol. The molecule has 11 heteroatoms. The van der Waals surface area contributed by atoms with Gasteiger partial charge in [-0.15, -0.1) is 0 Å². The molecule has 0 bridgehead atoms. The summed E-state index contributed by atoms with van der Waals surface area (Å²) in [5.74, 6) is -5.62. The van der Waals surface area contributed by atoms with Crippen LogP contribution in [0.1, 0.15) is 29.6 Å². The van der Waals surface area contributed by atoms with Crippen molar-refractivity contribution in [1.29, 1.82) is 0 Å². The predicted octanol–water partition coefficient (Wildman–Crippen LogP) is 2.56. The zero-order chi connectivity index (χ0) is 18.7. The lowest BCUT2D eigenvalue weighted by atomic mass is 10.3. The smallest absolute Gasteiger partial charge is 0.303 e. The van der Waals surface area contributed by atoms with Crippen LogP contribution in [0.2, 0.25) is 5.15 Å². The number of rotatable bonds is 6. The number of nitrogens with one attached hydrogen (secondary N) is 1. The van der Waals surface area contributed by atoms with Crippen molar-refractivity contribution in [3.8, 4) is 0 Å². The van der Waals surface area contributed by atoms with Gasteiger partial charge in [-0.25, -0.2) is 17.9 Å². The van der Waals surface area contributed by atoms with Crippen LogP contribution < -0.4 is 5.32 Å². The Morgan fingerprint density at radius 2 is 2.00 bits per heavy atom. The van der Waals surface area contributed by atoms with Gasteiger partial charge in [0.15, 0.2) is 16.7 Å². The number of carbonyl (C=O) groups is 2. The number of aromatic nitrogens is 2. The van der Waals surface area contributed by atoms with Crippen LogP contribution in [0.4, 0.5) is 18.9 Å². The number of hydrogen-bond acceptors (Lipinski definition) is 4. The molecule has 1 aromatic heterocycles. The zero-order valence-electron chi connectivity index (χ0n) is 12.3. The number of hydrogen-bond donors (Lipinski definition) is 3. The van der Waals surface area contributed by atoms with E-state index in [0.29, 0.717) is 10.7 Å². The average Bonchev–Trinajstić information content (AvgIpc) is 2.84. The summed E-state index contributed by atoms with van der Waals surface area (Å²) in [4.78, 5) is 22.5. The molecule has 1 aromatic carbocycles. The maximum atomic E-state index is 14.0. The third kappa shape index (κ3) is 4.28. The maximum absolute atomic E-state index is 14.0. The van der Waals surface area contributed by atoms with Crippen LogP contribution >= 0.6 is 11.6 Å². The van der Waals surface area contributed by atoms with E-state index < -0.39 is 58.5 Å². The van der Waals surface area contributed by atoms with E-state index in [1.165, 1.54) is 0 Å². The minimum atomic E-state index is -1.58. The second kappa shape index (κ2) is 7.53. The van der Waals surface area contributed by atoms with Crippen LogP contribution in [0, 0.1) is 17.5 Å². The number of carboxylic acids is 1. The normalized spacial score (nSPS) is 12.0. The Hall–Kier alpha value is -2.59. The topological polar surface area (TPSA) is 104 Å². The first kappa shape index (κ1) is 18.7. The fourth-order valence-corrected chi connectivity index (χ4v) is 2.12. The predicted molar refractivity (Wildman–Crippen MR) is 79.6 cm³/mol. The summed E-state index contributed by atoms with van der Waals surface area (Å²) in [6.07, 6.45) is -2.35. The van der Waals surface area contributed by atoms with Crippen LogP contribution in [-0.4, -0.2) is 31.9 Å². The first-order valence-corrected chi connectivity index (χ1v) is 7.18. The van der Waals surface area contributed by atoms with E-state index in [9.17, 15) is 27.9 Å². The fourth-order valence-electron chi connectivity index (χ4n) is 1.88. The van der Waals surface area contributed by atoms with E-state index in [4.69, 9.17) is 16.7 Å². The minimum absolute atomic E-state index is 0.330. The Labute approximate surface area is 143 Å². The highest BCUT2D eigenvalue weighted by Crippen LogP contribution is 2.24. The molecule has 0 fully saturated rings. The quantitative estimate of drug-likeness (QED) is 0.717. The molecule has 1 heterocycles. The standard InChI is InChI=1S/C14H11ClF3N3O4/c15-13-11(18)12(20-21(13)9(22)3-4-10(23)24)14(25)19-8-2-1-6(16)5-7(8)17/h1-2,5,9,22H,3-4H2,(H,19,25)(H,23,24). The van der Waals surface area contributed by atoms with Gasteiger partial charge in [0, 0.05) is 18.9 Å². The lowest BCUT2D eigenvalue weighted by Crippen LogP contribution is -2.17. The molecule has 0 saturated carbocycles. The average molecular weight is 378 g/mol. The number of halogens is 4. The number of aliphatic hydroxyl groups excluding tert-OH is 1. The highest BCUT2D eigenvalue weighted by Gasteiger charge is 2.26. The maximum Gasteiger partial charge on any atom is 0.303 e. The largest absolute Gasteiger partial charge is 0.481 e. The zero-order valence-corrected chi connectivity index (χ0v) is 13.1. The molecule has 3 N–H and O–H groups in total. The van der Waals surface area contributed by atoms with E-state index in [-0.39, 0.29) is 6.42 Å². The number of amides is 1. The Kier molecular flexibility index (Phi) is 5.65. The second-order valence-corrected chi connectivity index (χ2v) is 5.25. The van der Waals surface area contributed by atoms with Crippen molar-refractivity contribution in [2.45, 2.75) is 19.1 Å². The molecule has 0 spiro atoms. The van der Waals surface area contributed by atoms with Crippen LogP contribution in [0.3, 0.4) is 0 Å². The number of anilines is 1. The van der Waals surface area contributed by atoms with Crippen molar-refractivity contribution in [2.75, 3.05) is 5.32 Å². The van der Waals surface area contributed by atoms with Crippen molar-refractivity contribution in [3.63, 3.8) is 0 Å².